The summed E-state index contributed by atoms with van der Waals surface area (Å²) in [5.74, 6) is 0.682. The molecule has 0 fully saturated rings. The normalized spacial score (nSPS) is 11.3. The Labute approximate surface area is 98.8 Å². The molecular formula is C8H10BrF3N4. The summed E-state index contributed by atoms with van der Waals surface area (Å²) < 4.78 is 36.2. The molecule has 4 nitrogen and oxygen atoms in total. The molecule has 0 amide bonds. The first-order valence-electron chi connectivity index (χ1n) is 4.43. The van der Waals surface area contributed by atoms with Crippen LogP contribution in [-0.4, -0.2) is 29.7 Å². The maximum absolute atomic E-state index is 11.9. The maximum atomic E-state index is 11.9. The van der Waals surface area contributed by atoms with Gasteiger partial charge in [0.25, 0.3) is 0 Å². The topological polar surface area (TPSA) is 49.8 Å². The Balaban J connectivity index is 2.59. The van der Waals surface area contributed by atoms with E-state index in [9.17, 15) is 13.2 Å². The van der Waals surface area contributed by atoms with Crippen LogP contribution < -0.4 is 10.6 Å². The minimum atomic E-state index is -4.17. The van der Waals surface area contributed by atoms with Crippen molar-refractivity contribution >= 4 is 27.7 Å². The molecule has 0 bridgehead atoms. The molecule has 16 heavy (non-hydrogen) atoms. The highest BCUT2D eigenvalue weighted by Gasteiger charge is 2.26. The molecule has 0 aliphatic heterocycles. The van der Waals surface area contributed by atoms with Crippen LogP contribution >= 0.6 is 15.9 Å². The smallest absolute Gasteiger partial charge is 0.369 e. The van der Waals surface area contributed by atoms with Crippen molar-refractivity contribution in [3.05, 3.63) is 10.7 Å². The van der Waals surface area contributed by atoms with Crippen molar-refractivity contribution in [1.82, 2.24) is 9.97 Å². The zero-order chi connectivity index (χ0) is 12.2. The number of nitrogens with one attached hydrogen (secondary N) is 2. The minimum absolute atomic E-state index is 0.220. The molecule has 90 valence electrons. The third kappa shape index (κ3) is 4.21. The van der Waals surface area contributed by atoms with Gasteiger partial charge in [-0.1, -0.05) is 0 Å². The van der Waals surface area contributed by atoms with Gasteiger partial charge in [-0.15, -0.1) is 0 Å². The molecule has 2 N–H and O–H groups in total. The molecule has 8 heteroatoms. The monoisotopic (exact) mass is 298 g/mol. The Morgan fingerprint density at radius 1 is 1.44 bits per heavy atom. The second-order valence-electron chi connectivity index (χ2n) is 2.93. The lowest BCUT2D eigenvalue weighted by atomic mass is 10.4. The lowest BCUT2D eigenvalue weighted by molar-refractivity contribution is -0.131. The minimum Gasteiger partial charge on any atom is -0.369 e. The summed E-state index contributed by atoms with van der Waals surface area (Å²) >= 11 is 3.14. The predicted molar refractivity (Wildman–Crippen MR) is 58.4 cm³/mol. The van der Waals surface area contributed by atoms with E-state index in [4.69, 9.17) is 0 Å². The largest absolute Gasteiger partial charge is 0.390 e. The molecule has 0 saturated carbocycles. The van der Waals surface area contributed by atoms with Crippen LogP contribution in [-0.2, 0) is 0 Å². The number of anilines is 2. The number of halogens is 4. The molecule has 0 radical (unpaired) electrons. The summed E-state index contributed by atoms with van der Waals surface area (Å²) in [6, 6.07) is 0. The highest BCUT2D eigenvalue weighted by Crippen LogP contribution is 2.22. The number of aromatic nitrogens is 2. The van der Waals surface area contributed by atoms with Gasteiger partial charge in [-0.25, -0.2) is 4.98 Å². The van der Waals surface area contributed by atoms with Crippen LogP contribution in [0.25, 0.3) is 0 Å². The van der Waals surface area contributed by atoms with Crippen LogP contribution in [0.3, 0.4) is 0 Å². The first-order chi connectivity index (χ1) is 7.42. The predicted octanol–water partition coefficient (Wildman–Crippen LogP) is 2.65. The number of rotatable bonds is 4. The van der Waals surface area contributed by atoms with E-state index in [0.717, 1.165) is 0 Å². The van der Waals surface area contributed by atoms with Crippen LogP contribution in [0, 0.1) is 0 Å². The molecule has 0 aliphatic carbocycles. The van der Waals surface area contributed by atoms with Gasteiger partial charge < -0.3 is 10.6 Å². The Morgan fingerprint density at radius 2 is 2.12 bits per heavy atom. The first-order valence-corrected chi connectivity index (χ1v) is 5.22. The number of hydrogen-bond donors (Lipinski definition) is 2. The molecule has 1 aromatic heterocycles. The summed E-state index contributed by atoms with van der Waals surface area (Å²) in [6.07, 6.45) is -3.61. The lowest BCUT2D eigenvalue weighted by Gasteiger charge is -2.10. The van der Waals surface area contributed by atoms with Crippen LogP contribution in [0.1, 0.15) is 6.42 Å². The van der Waals surface area contributed by atoms with Gasteiger partial charge in [-0.2, -0.15) is 18.2 Å². The molecule has 0 spiro atoms. The molecule has 0 aliphatic rings. The number of alkyl halides is 3. The van der Waals surface area contributed by atoms with E-state index in [1.165, 1.54) is 6.20 Å². The third-order valence-corrected chi connectivity index (χ3v) is 2.25. The fourth-order valence-corrected chi connectivity index (χ4v) is 1.27. The van der Waals surface area contributed by atoms with E-state index < -0.39 is 12.6 Å². The van der Waals surface area contributed by atoms with E-state index in [2.05, 4.69) is 36.5 Å². The number of nitrogens with zero attached hydrogens (tertiary/aromatic N) is 2. The van der Waals surface area contributed by atoms with Crippen molar-refractivity contribution in [2.75, 3.05) is 24.2 Å². The molecule has 0 unspecified atom stereocenters. The van der Waals surface area contributed by atoms with Gasteiger partial charge in [-0.3, -0.25) is 0 Å². The fourth-order valence-electron chi connectivity index (χ4n) is 0.934. The van der Waals surface area contributed by atoms with Crippen LogP contribution in [0.4, 0.5) is 24.9 Å². The van der Waals surface area contributed by atoms with Gasteiger partial charge in [0.1, 0.15) is 5.82 Å². The average Bonchev–Trinajstić information content (AvgIpc) is 2.19. The van der Waals surface area contributed by atoms with E-state index in [1.807, 2.05) is 0 Å². The third-order valence-electron chi connectivity index (χ3n) is 1.67. The van der Waals surface area contributed by atoms with Crippen molar-refractivity contribution < 1.29 is 13.2 Å². The van der Waals surface area contributed by atoms with Gasteiger partial charge in [0.15, 0.2) is 0 Å². The Hall–Kier alpha value is -1.05. The van der Waals surface area contributed by atoms with Crippen molar-refractivity contribution in [2.24, 2.45) is 0 Å². The quantitative estimate of drug-likeness (QED) is 0.897. The SMILES string of the molecule is CNc1ncc(Br)c(NCCC(F)(F)F)n1. The fraction of sp³-hybridized carbons (Fsp3) is 0.500. The Bertz CT molecular complexity index is 356. The summed E-state index contributed by atoms with van der Waals surface area (Å²) in [4.78, 5) is 7.85. The average molecular weight is 299 g/mol. The van der Waals surface area contributed by atoms with E-state index in [0.29, 0.717) is 16.2 Å². The summed E-state index contributed by atoms with van der Waals surface area (Å²) in [6.45, 7) is -0.220. The summed E-state index contributed by atoms with van der Waals surface area (Å²) in [7, 11) is 1.63. The van der Waals surface area contributed by atoms with Gasteiger partial charge >= 0.3 is 6.18 Å². The number of hydrogen-bond acceptors (Lipinski definition) is 4. The van der Waals surface area contributed by atoms with Crippen LogP contribution in [0.15, 0.2) is 10.7 Å². The van der Waals surface area contributed by atoms with Crippen LogP contribution in [0.2, 0.25) is 0 Å². The molecule has 1 aromatic rings. The van der Waals surface area contributed by atoms with E-state index >= 15 is 0 Å². The van der Waals surface area contributed by atoms with E-state index in [1.54, 1.807) is 7.05 Å². The van der Waals surface area contributed by atoms with E-state index in [-0.39, 0.29) is 6.54 Å². The Kier molecular flexibility index (Phi) is 4.34. The second-order valence-corrected chi connectivity index (χ2v) is 3.79. The van der Waals surface area contributed by atoms with Crippen molar-refractivity contribution in [2.45, 2.75) is 12.6 Å². The van der Waals surface area contributed by atoms with Gasteiger partial charge in [0, 0.05) is 19.8 Å². The van der Waals surface area contributed by atoms with Crippen LogP contribution in [0.5, 0.6) is 0 Å². The van der Waals surface area contributed by atoms with Gasteiger partial charge in [0.05, 0.1) is 10.9 Å². The molecule has 1 heterocycles. The van der Waals surface area contributed by atoms with Crippen molar-refractivity contribution in [3.8, 4) is 0 Å². The standard InChI is InChI=1S/C8H10BrF3N4/c1-13-7-15-4-5(9)6(16-7)14-3-2-8(10,11)12/h4H,2-3H2,1H3,(H2,13,14,15,16). The van der Waals surface area contributed by atoms with Gasteiger partial charge in [0.2, 0.25) is 5.95 Å². The second kappa shape index (κ2) is 5.33. The molecule has 1 rings (SSSR count). The first kappa shape index (κ1) is 13.0. The Morgan fingerprint density at radius 3 is 2.69 bits per heavy atom. The zero-order valence-electron chi connectivity index (χ0n) is 8.40. The van der Waals surface area contributed by atoms with Gasteiger partial charge in [-0.05, 0) is 15.9 Å². The molecule has 0 aromatic carbocycles. The van der Waals surface area contributed by atoms with Crippen molar-refractivity contribution in [1.29, 1.82) is 0 Å². The summed E-state index contributed by atoms with van der Waals surface area (Å²) in [5, 5.41) is 5.28. The molecular weight excluding hydrogens is 289 g/mol. The highest BCUT2D eigenvalue weighted by molar-refractivity contribution is 9.10. The summed E-state index contributed by atoms with van der Waals surface area (Å²) in [5.41, 5.74) is 0. The zero-order valence-corrected chi connectivity index (χ0v) is 9.98. The van der Waals surface area contributed by atoms with Crippen molar-refractivity contribution in [3.63, 3.8) is 0 Å². The molecule has 0 atom stereocenters. The molecule has 0 saturated heterocycles. The maximum Gasteiger partial charge on any atom is 0.390 e. The highest BCUT2D eigenvalue weighted by atomic mass is 79.9. The lowest BCUT2D eigenvalue weighted by Crippen LogP contribution is -2.15.